The summed E-state index contributed by atoms with van der Waals surface area (Å²) < 4.78 is 84.2. The van der Waals surface area contributed by atoms with Crippen molar-refractivity contribution in [3.63, 3.8) is 0 Å². The summed E-state index contributed by atoms with van der Waals surface area (Å²) in [4.78, 5) is 21.0. The molecule has 1 aromatic heterocycles. The van der Waals surface area contributed by atoms with Gasteiger partial charge in [0.2, 0.25) is 17.7 Å². The molecule has 2 aromatic rings. The summed E-state index contributed by atoms with van der Waals surface area (Å²) in [5.41, 5.74) is 1.32. The molecule has 0 aliphatic heterocycles. The zero-order valence-corrected chi connectivity index (χ0v) is 18.2. The van der Waals surface area contributed by atoms with Gasteiger partial charge >= 0.3 is 18.4 Å². The molecule has 0 saturated carbocycles. The van der Waals surface area contributed by atoms with E-state index in [9.17, 15) is 31.1 Å². The quantitative estimate of drug-likeness (QED) is 0.488. The predicted molar refractivity (Wildman–Crippen MR) is 106 cm³/mol. The van der Waals surface area contributed by atoms with Crippen molar-refractivity contribution in [3.8, 4) is 11.8 Å². The molecule has 1 N–H and O–H groups in total. The van der Waals surface area contributed by atoms with Gasteiger partial charge in [-0.2, -0.15) is 36.3 Å². The highest BCUT2D eigenvalue weighted by Crippen LogP contribution is 2.26. The molecule has 0 unspecified atom stereocenters. The molecule has 0 aliphatic carbocycles. The second kappa shape index (κ2) is 10.2. The van der Waals surface area contributed by atoms with Gasteiger partial charge in [0.25, 0.3) is 0 Å². The van der Waals surface area contributed by atoms with Crippen molar-refractivity contribution >= 4 is 33.6 Å². The highest BCUT2D eigenvalue weighted by atomic mass is 79.9. The van der Waals surface area contributed by atoms with E-state index in [1.165, 1.54) is 11.9 Å². The molecule has 32 heavy (non-hydrogen) atoms. The number of ether oxygens (including phenoxy) is 2. The number of anilines is 2. The first kappa shape index (κ1) is 25.5. The Kier molecular flexibility index (Phi) is 8.15. The first-order valence-electron chi connectivity index (χ1n) is 8.88. The van der Waals surface area contributed by atoms with Gasteiger partial charge in [-0.15, -0.1) is 0 Å². The number of aryl methyl sites for hydroxylation is 1. The van der Waals surface area contributed by atoms with Crippen LogP contribution in [0.25, 0.3) is 0 Å². The third kappa shape index (κ3) is 8.05. The zero-order valence-electron chi connectivity index (χ0n) is 16.6. The van der Waals surface area contributed by atoms with Crippen LogP contribution in [0.4, 0.5) is 42.8 Å². The van der Waals surface area contributed by atoms with Gasteiger partial charge in [0.1, 0.15) is 0 Å². The lowest BCUT2D eigenvalue weighted by Gasteiger charge is -2.21. The van der Waals surface area contributed by atoms with Gasteiger partial charge in [0.15, 0.2) is 13.2 Å². The Morgan fingerprint density at radius 1 is 1.03 bits per heavy atom. The van der Waals surface area contributed by atoms with E-state index in [4.69, 9.17) is 0 Å². The van der Waals surface area contributed by atoms with Gasteiger partial charge in [-0.25, -0.2) is 4.79 Å². The number of hydrogen-bond acceptors (Lipinski definition) is 5. The van der Waals surface area contributed by atoms with Crippen LogP contribution < -0.4 is 19.7 Å². The van der Waals surface area contributed by atoms with E-state index in [0.29, 0.717) is 18.2 Å². The molecule has 1 heterocycles. The SMILES string of the molecule is CCc1cc(Br)ccc1N(C)C(=O)Nc1nc(OCC(F)(F)F)cc(OCC(F)(F)F)n1. The Hall–Kier alpha value is -2.77. The van der Waals surface area contributed by atoms with Crippen molar-refractivity contribution in [1.29, 1.82) is 0 Å². The minimum absolute atomic E-state index is 0.520. The average Bonchev–Trinajstić information content (AvgIpc) is 2.69. The van der Waals surface area contributed by atoms with Crippen molar-refractivity contribution in [2.75, 3.05) is 30.5 Å². The van der Waals surface area contributed by atoms with E-state index >= 15 is 0 Å². The fourth-order valence-corrected chi connectivity index (χ4v) is 2.78. The fraction of sp³-hybridized carbons (Fsp3) is 0.389. The first-order chi connectivity index (χ1) is 14.8. The van der Waals surface area contributed by atoms with E-state index in [1.54, 1.807) is 18.2 Å². The Labute approximate surface area is 186 Å². The number of urea groups is 1. The summed E-state index contributed by atoms with van der Waals surface area (Å²) >= 11 is 3.32. The number of amides is 2. The average molecular weight is 531 g/mol. The number of nitrogens with zero attached hydrogens (tertiary/aromatic N) is 3. The Bertz CT molecular complexity index is 919. The summed E-state index contributed by atoms with van der Waals surface area (Å²) in [7, 11) is 1.42. The molecule has 0 fully saturated rings. The molecule has 0 radical (unpaired) electrons. The maximum Gasteiger partial charge on any atom is 0.422 e. The van der Waals surface area contributed by atoms with E-state index in [1.807, 2.05) is 6.92 Å². The second-order valence-corrected chi connectivity index (χ2v) is 7.21. The van der Waals surface area contributed by atoms with Gasteiger partial charge < -0.3 is 9.47 Å². The summed E-state index contributed by atoms with van der Waals surface area (Å²) in [6.07, 6.45) is -8.86. The molecule has 0 spiro atoms. The Morgan fingerprint density at radius 3 is 2.03 bits per heavy atom. The number of alkyl halides is 6. The van der Waals surface area contributed by atoms with Gasteiger partial charge in [-0.3, -0.25) is 10.2 Å². The maximum absolute atomic E-state index is 12.6. The van der Waals surface area contributed by atoms with Crippen molar-refractivity contribution in [2.45, 2.75) is 25.7 Å². The van der Waals surface area contributed by atoms with Crippen LogP contribution in [0, 0.1) is 0 Å². The van der Waals surface area contributed by atoms with Gasteiger partial charge in [-0.05, 0) is 30.2 Å². The minimum atomic E-state index is -4.72. The van der Waals surface area contributed by atoms with Gasteiger partial charge in [-0.1, -0.05) is 22.9 Å². The first-order valence-corrected chi connectivity index (χ1v) is 9.68. The summed E-state index contributed by atoms with van der Waals surface area (Å²) in [6, 6.07) is 5.01. The van der Waals surface area contributed by atoms with Crippen LogP contribution in [-0.4, -0.2) is 48.6 Å². The molecule has 0 saturated heterocycles. The molecule has 14 heteroatoms. The number of aromatic nitrogens is 2. The van der Waals surface area contributed by atoms with Crippen LogP contribution in [0.5, 0.6) is 11.8 Å². The molecule has 2 amide bonds. The van der Waals surface area contributed by atoms with Gasteiger partial charge in [0.05, 0.1) is 6.07 Å². The number of rotatable bonds is 7. The Morgan fingerprint density at radius 2 is 1.56 bits per heavy atom. The molecule has 176 valence electrons. The third-order valence-electron chi connectivity index (χ3n) is 3.75. The third-order valence-corrected chi connectivity index (χ3v) is 4.25. The highest BCUT2D eigenvalue weighted by molar-refractivity contribution is 9.10. The topological polar surface area (TPSA) is 76.6 Å². The molecular weight excluding hydrogens is 514 g/mol. The maximum atomic E-state index is 12.6. The lowest BCUT2D eigenvalue weighted by atomic mass is 10.1. The van der Waals surface area contributed by atoms with Crippen LogP contribution >= 0.6 is 15.9 Å². The summed E-state index contributed by atoms with van der Waals surface area (Å²) in [6.45, 7) is -1.64. The van der Waals surface area contributed by atoms with E-state index in [2.05, 4.69) is 40.7 Å². The second-order valence-electron chi connectivity index (χ2n) is 6.29. The molecule has 0 bridgehead atoms. The number of carbonyl (C=O) groups excluding carboxylic acids is 1. The smallest absolute Gasteiger partial charge is 0.422 e. The number of benzene rings is 1. The van der Waals surface area contributed by atoms with Crippen molar-refractivity contribution in [2.24, 2.45) is 0 Å². The molecule has 2 rings (SSSR count). The standard InChI is InChI=1S/C18H17BrF6N4O3/c1-3-10-6-11(19)4-5-12(10)29(2)16(30)28-15-26-13(31-8-17(20,21)22)7-14(27-15)32-9-18(23,24)25/h4-7H,3,8-9H2,1-2H3,(H,26,27,28,30). The van der Waals surface area contributed by atoms with Crippen LogP contribution in [0.1, 0.15) is 12.5 Å². The van der Waals surface area contributed by atoms with Crippen LogP contribution in [0.2, 0.25) is 0 Å². The zero-order chi connectivity index (χ0) is 24.1. The van der Waals surface area contributed by atoms with E-state index in [-0.39, 0.29) is 0 Å². The van der Waals surface area contributed by atoms with E-state index in [0.717, 1.165) is 10.0 Å². The van der Waals surface area contributed by atoms with Crippen LogP contribution in [0.15, 0.2) is 28.7 Å². The highest BCUT2D eigenvalue weighted by Gasteiger charge is 2.30. The molecule has 1 aromatic carbocycles. The summed E-state index contributed by atoms with van der Waals surface area (Å²) in [5.74, 6) is -2.07. The van der Waals surface area contributed by atoms with Crippen molar-refractivity contribution in [1.82, 2.24) is 9.97 Å². The van der Waals surface area contributed by atoms with Crippen LogP contribution in [0.3, 0.4) is 0 Å². The largest absolute Gasteiger partial charge is 0.468 e. The molecular formula is C18H17BrF6N4O3. The molecule has 0 atom stereocenters. The normalized spacial score (nSPS) is 11.8. The predicted octanol–water partition coefficient (Wildman–Crippen LogP) is 5.35. The Balaban J connectivity index is 2.26. The van der Waals surface area contributed by atoms with Gasteiger partial charge in [0, 0.05) is 17.2 Å². The molecule has 7 nitrogen and oxygen atoms in total. The fourth-order valence-electron chi connectivity index (χ4n) is 2.37. The number of halogens is 7. The lowest BCUT2D eigenvalue weighted by Crippen LogP contribution is -2.32. The molecule has 0 aliphatic rings. The number of hydrogen-bond donors (Lipinski definition) is 1. The summed E-state index contributed by atoms with van der Waals surface area (Å²) in [5, 5.41) is 2.21. The minimum Gasteiger partial charge on any atom is -0.468 e. The number of nitrogens with one attached hydrogen (secondary N) is 1. The monoisotopic (exact) mass is 530 g/mol. The lowest BCUT2D eigenvalue weighted by molar-refractivity contribution is -0.154. The number of carbonyl (C=O) groups is 1. The van der Waals surface area contributed by atoms with E-state index < -0.39 is 49.3 Å². The van der Waals surface area contributed by atoms with Crippen LogP contribution in [-0.2, 0) is 6.42 Å². The van der Waals surface area contributed by atoms with Crippen molar-refractivity contribution < 1.29 is 40.6 Å². The van der Waals surface area contributed by atoms with Crippen molar-refractivity contribution in [3.05, 3.63) is 34.3 Å².